The van der Waals surface area contributed by atoms with Gasteiger partial charge in [-0.1, -0.05) is 26.2 Å². The zero-order valence-electron chi connectivity index (χ0n) is 16.5. The summed E-state index contributed by atoms with van der Waals surface area (Å²) in [7, 11) is 0. The maximum Gasteiger partial charge on any atom is 0.303 e. The number of nitrogens with one attached hydrogen (secondary N) is 2. The molecule has 0 spiro atoms. The van der Waals surface area contributed by atoms with E-state index in [-0.39, 0.29) is 55.1 Å². The molecule has 6 atom stereocenters. The second-order valence-corrected chi connectivity index (χ2v) is 8.14. The van der Waals surface area contributed by atoms with Crippen molar-refractivity contribution in [1.82, 2.24) is 10.6 Å². The highest BCUT2D eigenvalue weighted by Crippen LogP contribution is 2.54. The Labute approximate surface area is 165 Å². The van der Waals surface area contributed by atoms with Gasteiger partial charge in [0.25, 0.3) is 0 Å². The number of rotatable bonds is 13. The second kappa shape index (κ2) is 9.69. The Morgan fingerprint density at radius 1 is 0.821 bits per heavy atom. The smallest absolute Gasteiger partial charge is 0.303 e. The van der Waals surface area contributed by atoms with Crippen LogP contribution in [0.5, 0.6) is 0 Å². The number of carbonyl (C=O) groups excluding carboxylic acids is 2. The lowest BCUT2D eigenvalue weighted by Crippen LogP contribution is -2.44. The molecule has 3 heterocycles. The van der Waals surface area contributed by atoms with E-state index in [1.54, 1.807) is 0 Å². The third kappa shape index (κ3) is 5.23. The molecule has 0 aromatic carbocycles. The van der Waals surface area contributed by atoms with Crippen LogP contribution in [0.25, 0.3) is 0 Å². The number of hydrogen-bond donors (Lipinski definition) is 3. The van der Waals surface area contributed by atoms with Gasteiger partial charge in [0.1, 0.15) is 12.2 Å². The molecule has 3 aliphatic rings. The third-order valence-electron chi connectivity index (χ3n) is 6.05. The van der Waals surface area contributed by atoms with Crippen LogP contribution in [-0.2, 0) is 23.9 Å². The summed E-state index contributed by atoms with van der Waals surface area (Å²) in [5.74, 6) is -0.407. The predicted molar refractivity (Wildman–Crippen MR) is 101 cm³/mol. The van der Waals surface area contributed by atoms with Crippen LogP contribution in [0.3, 0.4) is 0 Å². The molecule has 3 rings (SSSR count). The van der Waals surface area contributed by atoms with E-state index in [0.717, 1.165) is 38.5 Å². The minimum atomic E-state index is -0.736. The van der Waals surface area contributed by atoms with Crippen LogP contribution in [0.4, 0.5) is 0 Å². The van der Waals surface area contributed by atoms with E-state index in [2.05, 4.69) is 10.6 Å². The number of carbonyl (C=O) groups is 3. The molecular formula is C20H32N2O6. The van der Waals surface area contributed by atoms with Gasteiger partial charge < -0.3 is 25.2 Å². The molecule has 3 aliphatic heterocycles. The Balaban J connectivity index is 1.39. The number of epoxide rings is 1. The number of unbranched alkanes of at least 4 members (excludes halogenated alkanes) is 3. The fraction of sp³-hybridized carbons (Fsp3) is 0.850. The fourth-order valence-electron chi connectivity index (χ4n) is 4.62. The number of carboxylic acids is 1. The summed E-state index contributed by atoms with van der Waals surface area (Å²) in [6.45, 7) is 2.48. The molecule has 0 aliphatic carbocycles. The van der Waals surface area contributed by atoms with Crippen molar-refractivity contribution in [2.45, 2.75) is 82.7 Å². The van der Waals surface area contributed by atoms with Crippen molar-refractivity contribution in [3.05, 3.63) is 0 Å². The number of aliphatic carboxylic acids is 1. The third-order valence-corrected chi connectivity index (χ3v) is 6.05. The molecule has 8 heteroatoms. The average molecular weight is 396 g/mol. The van der Waals surface area contributed by atoms with Gasteiger partial charge in [0.15, 0.2) is 0 Å². The average Bonchev–Trinajstić information content (AvgIpc) is 3.28. The summed E-state index contributed by atoms with van der Waals surface area (Å²) in [5.41, 5.74) is 0. The first-order chi connectivity index (χ1) is 13.5. The normalized spacial score (nSPS) is 32.0. The van der Waals surface area contributed by atoms with Crippen molar-refractivity contribution in [2.24, 2.45) is 11.8 Å². The molecule has 6 unspecified atom stereocenters. The van der Waals surface area contributed by atoms with Gasteiger partial charge >= 0.3 is 5.97 Å². The molecule has 8 nitrogen and oxygen atoms in total. The van der Waals surface area contributed by atoms with Gasteiger partial charge in [-0.05, 0) is 25.2 Å². The highest BCUT2D eigenvalue weighted by molar-refractivity contribution is 5.84. The SMILES string of the molecule is CCCC(=O)NCC(=O)NCC1C(CCCCCCC(=O)O)C2OC1C1OC21. The van der Waals surface area contributed by atoms with Crippen LogP contribution in [0, 0.1) is 11.8 Å². The number of ether oxygens (including phenoxy) is 2. The summed E-state index contributed by atoms with van der Waals surface area (Å²) in [6, 6.07) is 0. The van der Waals surface area contributed by atoms with Crippen molar-refractivity contribution in [1.29, 1.82) is 0 Å². The highest BCUT2D eigenvalue weighted by Gasteiger charge is 2.68. The molecular weight excluding hydrogens is 364 g/mol. The molecule has 0 aromatic heterocycles. The summed E-state index contributed by atoms with van der Waals surface area (Å²) >= 11 is 0. The van der Waals surface area contributed by atoms with Crippen molar-refractivity contribution in [3.8, 4) is 0 Å². The summed E-state index contributed by atoms with van der Waals surface area (Å²) < 4.78 is 11.8. The van der Waals surface area contributed by atoms with Crippen LogP contribution in [0.1, 0.15) is 58.3 Å². The van der Waals surface area contributed by atoms with E-state index in [9.17, 15) is 14.4 Å². The maximum absolute atomic E-state index is 12.1. The lowest BCUT2D eigenvalue weighted by atomic mass is 9.76. The molecule has 3 fully saturated rings. The minimum absolute atomic E-state index is 0.0112. The molecule has 2 amide bonds. The monoisotopic (exact) mass is 396 g/mol. The van der Waals surface area contributed by atoms with Crippen LogP contribution in [-0.4, -0.2) is 60.4 Å². The van der Waals surface area contributed by atoms with Crippen LogP contribution in [0.15, 0.2) is 0 Å². The van der Waals surface area contributed by atoms with Crippen LogP contribution < -0.4 is 10.6 Å². The molecule has 0 radical (unpaired) electrons. The van der Waals surface area contributed by atoms with Gasteiger partial charge in [0, 0.05) is 25.3 Å². The summed E-state index contributed by atoms with van der Waals surface area (Å²) in [5, 5.41) is 14.3. The summed E-state index contributed by atoms with van der Waals surface area (Å²) in [6.07, 6.45) is 6.72. The lowest BCUT2D eigenvalue weighted by molar-refractivity contribution is -0.137. The van der Waals surface area contributed by atoms with Crippen LogP contribution >= 0.6 is 0 Å². The largest absolute Gasteiger partial charge is 0.481 e. The summed E-state index contributed by atoms with van der Waals surface area (Å²) in [4.78, 5) is 34.1. The van der Waals surface area contributed by atoms with Crippen molar-refractivity contribution in [3.63, 3.8) is 0 Å². The highest BCUT2D eigenvalue weighted by atomic mass is 16.7. The molecule has 0 aromatic rings. The van der Waals surface area contributed by atoms with Crippen LogP contribution in [0.2, 0.25) is 0 Å². The van der Waals surface area contributed by atoms with E-state index < -0.39 is 5.97 Å². The first kappa shape index (κ1) is 21.0. The Kier molecular flexibility index (Phi) is 7.29. The van der Waals surface area contributed by atoms with Crippen molar-refractivity contribution < 1.29 is 29.0 Å². The fourth-order valence-corrected chi connectivity index (χ4v) is 4.62. The van der Waals surface area contributed by atoms with E-state index in [4.69, 9.17) is 14.6 Å². The van der Waals surface area contributed by atoms with E-state index in [0.29, 0.717) is 18.9 Å². The van der Waals surface area contributed by atoms with Gasteiger partial charge in [-0.3, -0.25) is 14.4 Å². The van der Waals surface area contributed by atoms with E-state index >= 15 is 0 Å². The molecule has 3 saturated heterocycles. The zero-order valence-corrected chi connectivity index (χ0v) is 16.5. The predicted octanol–water partition coefficient (Wildman–Crippen LogP) is 1.22. The van der Waals surface area contributed by atoms with Crippen molar-refractivity contribution >= 4 is 17.8 Å². The molecule has 3 N–H and O–H groups in total. The molecule has 28 heavy (non-hydrogen) atoms. The number of fused-ring (bicyclic) bond motifs is 5. The Bertz CT molecular complexity index is 583. The Morgan fingerprint density at radius 2 is 1.50 bits per heavy atom. The quantitative estimate of drug-likeness (QED) is 0.318. The maximum atomic E-state index is 12.1. The standard InChI is InChI=1S/C20H32N2O6/c1-2-7-14(23)22-11-15(24)21-10-13-12(8-5-3-4-6-9-16(25)26)17-19-20(28-19)18(13)27-17/h12-13,17-20H,2-11H2,1H3,(H,21,24)(H,22,23)(H,25,26). The number of hydrogen-bond acceptors (Lipinski definition) is 5. The number of carboxylic acid groups (broad SMARTS) is 1. The van der Waals surface area contributed by atoms with Gasteiger partial charge in [0.05, 0.1) is 18.8 Å². The zero-order chi connectivity index (χ0) is 20.1. The van der Waals surface area contributed by atoms with Gasteiger partial charge in [0.2, 0.25) is 11.8 Å². The topological polar surface area (TPSA) is 117 Å². The first-order valence-corrected chi connectivity index (χ1v) is 10.6. The van der Waals surface area contributed by atoms with Gasteiger partial charge in [-0.15, -0.1) is 0 Å². The lowest BCUT2D eigenvalue weighted by Gasteiger charge is -2.26. The Morgan fingerprint density at radius 3 is 2.21 bits per heavy atom. The number of amides is 2. The Hall–Kier alpha value is -1.67. The second-order valence-electron chi connectivity index (χ2n) is 8.14. The molecule has 158 valence electrons. The van der Waals surface area contributed by atoms with E-state index in [1.807, 2.05) is 6.92 Å². The minimum Gasteiger partial charge on any atom is -0.481 e. The molecule has 0 saturated carbocycles. The van der Waals surface area contributed by atoms with Crippen molar-refractivity contribution in [2.75, 3.05) is 13.1 Å². The van der Waals surface area contributed by atoms with Gasteiger partial charge in [-0.2, -0.15) is 0 Å². The van der Waals surface area contributed by atoms with E-state index in [1.165, 1.54) is 0 Å². The van der Waals surface area contributed by atoms with Gasteiger partial charge in [-0.25, -0.2) is 0 Å². The molecule has 2 bridgehead atoms. The first-order valence-electron chi connectivity index (χ1n) is 10.6.